The van der Waals surface area contributed by atoms with Crippen molar-refractivity contribution < 1.29 is 23.9 Å². The van der Waals surface area contributed by atoms with E-state index in [0.717, 1.165) is 25.0 Å². The van der Waals surface area contributed by atoms with Gasteiger partial charge in [0.2, 0.25) is 0 Å². The monoisotopic (exact) mass is 452 g/mol. The van der Waals surface area contributed by atoms with Crippen molar-refractivity contribution in [1.82, 2.24) is 16.1 Å². The zero-order chi connectivity index (χ0) is 23.3. The van der Waals surface area contributed by atoms with E-state index in [1.807, 2.05) is 30.3 Å². The van der Waals surface area contributed by atoms with Crippen molar-refractivity contribution in [2.24, 2.45) is 5.10 Å². The van der Waals surface area contributed by atoms with Crippen LogP contribution in [0.2, 0.25) is 0 Å². The quantitative estimate of drug-likeness (QED) is 0.284. The van der Waals surface area contributed by atoms with Gasteiger partial charge in [-0.25, -0.2) is 5.43 Å². The Morgan fingerprint density at radius 3 is 2.55 bits per heavy atom. The average molecular weight is 453 g/mol. The number of hydrogen-bond acceptors (Lipinski definition) is 6. The van der Waals surface area contributed by atoms with Crippen molar-refractivity contribution in [2.75, 3.05) is 26.3 Å². The molecule has 1 heterocycles. The van der Waals surface area contributed by atoms with Crippen LogP contribution in [0.15, 0.2) is 59.7 Å². The van der Waals surface area contributed by atoms with E-state index in [2.05, 4.69) is 21.2 Å². The lowest BCUT2D eigenvalue weighted by Gasteiger charge is -2.11. The number of nitrogens with zero attached hydrogens (tertiary/aromatic N) is 1. The molecule has 1 aliphatic heterocycles. The van der Waals surface area contributed by atoms with Gasteiger partial charge in [0, 0.05) is 19.7 Å². The number of hydrazone groups is 1. The van der Waals surface area contributed by atoms with E-state index in [-0.39, 0.29) is 18.6 Å². The molecule has 0 spiro atoms. The first-order valence-corrected chi connectivity index (χ1v) is 10.9. The fourth-order valence-electron chi connectivity index (χ4n) is 3.14. The van der Waals surface area contributed by atoms with Gasteiger partial charge in [-0.2, -0.15) is 5.10 Å². The molecule has 1 fully saturated rings. The van der Waals surface area contributed by atoms with Gasteiger partial charge >= 0.3 is 11.8 Å². The molecule has 9 nitrogen and oxygen atoms in total. The maximum Gasteiger partial charge on any atom is 0.329 e. The van der Waals surface area contributed by atoms with Crippen molar-refractivity contribution >= 4 is 23.9 Å². The fourth-order valence-corrected chi connectivity index (χ4v) is 3.14. The summed E-state index contributed by atoms with van der Waals surface area (Å²) in [6, 6.07) is 16.5. The molecule has 3 amide bonds. The molecule has 2 aromatic carbocycles. The van der Waals surface area contributed by atoms with Crippen LogP contribution in [0.1, 0.15) is 24.0 Å². The Hall–Kier alpha value is -3.72. The smallest absolute Gasteiger partial charge is 0.329 e. The van der Waals surface area contributed by atoms with Crippen LogP contribution < -0.4 is 20.8 Å². The number of rotatable bonds is 10. The Morgan fingerprint density at radius 2 is 1.82 bits per heavy atom. The van der Waals surface area contributed by atoms with Crippen LogP contribution in [0.25, 0.3) is 0 Å². The highest BCUT2D eigenvalue weighted by atomic mass is 16.5. The Labute approximate surface area is 192 Å². The number of hydrogen-bond donors (Lipinski definition) is 3. The lowest BCUT2D eigenvalue weighted by Crippen LogP contribution is -2.38. The number of nitrogens with one attached hydrogen (secondary N) is 3. The molecule has 174 valence electrons. The van der Waals surface area contributed by atoms with Gasteiger partial charge in [-0.1, -0.05) is 30.3 Å². The van der Waals surface area contributed by atoms with Gasteiger partial charge in [-0.15, -0.1) is 0 Å². The molecule has 3 rings (SSSR count). The molecule has 0 radical (unpaired) electrons. The number of ether oxygens (including phenoxy) is 2. The van der Waals surface area contributed by atoms with Gasteiger partial charge in [-0.3, -0.25) is 14.4 Å². The Kier molecular flexibility index (Phi) is 9.41. The highest BCUT2D eigenvalue weighted by Crippen LogP contribution is 2.12. The molecule has 0 bridgehead atoms. The summed E-state index contributed by atoms with van der Waals surface area (Å²) < 4.78 is 10.9. The third kappa shape index (κ3) is 8.74. The molecule has 33 heavy (non-hydrogen) atoms. The summed E-state index contributed by atoms with van der Waals surface area (Å²) >= 11 is 0. The number of amides is 3. The third-order valence-electron chi connectivity index (χ3n) is 4.93. The van der Waals surface area contributed by atoms with Crippen LogP contribution >= 0.6 is 0 Å². The number of carbonyl (C=O) groups excluding carboxylic acids is 3. The first-order valence-electron chi connectivity index (χ1n) is 10.9. The Balaban J connectivity index is 1.32. The summed E-state index contributed by atoms with van der Waals surface area (Å²) in [5.74, 6) is -1.26. The summed E-state index contributed by atoms with van der Waals surface area (Å²) in [4.78, 5) is 35.5. The van der Waals surface area contributed by atoms with Gasteiger partial charge in [0.15, 0.2) is 6.61 Å². The normalized spacial score (nSPS) is 15.2. The summed E-state index contributed by atoms with van der Waals surface area (Å²) in [6.07, 6.45) is 4.12. The molecule has 1 saturated heterocycles. The van der Waals surface area contributed by atoms with E-state index >= 15 is 0 Å². The molecule has 0 saturated carbocycles. The van der Waals surface area contributed by atoms with Gasteiger partial charge in [0.1, 0.15) is 5.75 Å². The summed E-state index contributed by atoms with van der Waals surface area (Å²) in [5, 5.41) is 9.14. The summed E-state index contributed by atoms with van der Waals surface area (Å²) in [6.45, 7) is 1.51. The molecule has 3 N–H and O–H groups in total. The minimum absolute atomic E-state index is 0.0877. The lowest BCUT2D eigenvalue weighted by atomic mass is 10.1. The van der Waals surface area contributed by atoms with Crippen molar-refractivity contribution in [3.8, 4) is 5.75 Å². The maximum absolute atomic E-state index is 11.9. The summed E-state index contributed by atoms with van der Waals surface area (Å²) in [7, 11) is 0. The maximum atomic E-state index is 11.9. The predicted octanol–water partition coefficient (Wildman–Crippen LogP) is 1.17. The topological polar surface area (TPSA) is 118 Å². The van der Waals surface area contributed by atoms with E-state index in [4.69, 9.17) is 9.47 Å². The van der Waals surface area contributed by atoms with Crippen LogP contribution in [0.5, 0.6) is 5.75 Å². The largest absolute Gasteiger partial charge is 0.484 e. The molecule has 1 atom stereocenters. The van der Waals surface area contributed by atoms with Crippen LogP contribution in [0.4, 0.5) is 0 Å². The van der Waals surface area contributed by atoms with Crippen LogP contribution in [0.3, 0.4) is 0 Å². The SMILES string of the molecule is O=C(COc1ccc(/C=N\NC(=O)C(=O)NCCc2ccccc2)cc1)NC[C@@H]1CCCO1. The first kappa shape index (κ1) is 23.9. The molecule has 9 heteroatoms. The predicted molar refractivity (Wildman–Crippen MR) is 123 cm³/mol. The van der Waals surface area contributed by atoms with Gasteiger partial charge < -0.3 is 20.1 Å². The highest BCUT2D eigenvalue weighted by molar-refractivity contribution is 6.35. The van der Waals surface area contributed by atoms with Gasteiger partial charge in [-0.05, 0) is 54.7 Å². The van der Waals surface area contributed by atoms with Crippen LogP contribution in [-0.2, 0) is 25.5 Å². The third-order valence-corrected chi connectivity index (χ3v) is 4.93. The second kappa shape index (κ2) is 13.0. The fraction of sp³-hybridized carbons (Fsp3) is 0.333. The lowest BCUT2D eigenvalue weighted by molar-refractivity contribution is -0.139. The molecular formula is C24H28N4O5. The molecule has 2 aromatic rings. The Morgan fingerprint density at radius 1 is 1.03 bits per heavy atom. The molecule has 0 aliphatic carbocycles. The van der Waals surface area contributed by atoms with Crippen molar-refractivity contribution in [1.29, 1.82) is 0 Å². The van der Waals surface area contributed by atoms with Gasteiger partial charge in [0.05, 0.1) is 12.3 Å². The minimum atomic E-state index is -0.840. The minimum Gasteiger partial charge on any atom is -0.484 e. The van der Waals surface area contributed by atoms with E-state index in [9.17, 15) is 14.4 Å². The van der Waals surface area contributed by atoms with Crippen molar-refractivity contribution in [3.63, 3.8) is 0 Å². The van der Waals surface area contributed by atoms with Gasteiger partial charge in [0.25, 0.3) is 5.91 Å². The van der Waals surface area contributed by atoms with E-state index < -0.39 is 11.8 Å². The van der Waals surface area contributed by atoms with E-state index in [1.165, 1.54) is 6.21 Å². The van der Waals surface area contributed by atoms with Crippen molar-refractivity contribution in [3.05, 3.63) is 65.7 Å². The molecule has 0 aromatic heterocycles. The molecular weight excluding hydrogens is 424 g/mol. The van der Waals surface area contributed by atoms with Crippen LogP contribution in [0, 0.1) is 0 Å². The van der Waals surface area contributed by atoms with Crippen LogP contribution in [-0.4, -0.2) is 56.3 Å². The van der Waals surface area contributed by atoms with E-state index in [1.54, 1.807) is 24.3 Å². The number of carbonyl (C=O) groups is 3. The molecule has 1 aliphatic rings. The average Bonchev–Trinajstić information content (AvgIpc) is 3.36. The number of benzene rings is 2. The zero-order valence-electron chi connectivity index (χ0n) is 18.3. The zero-order valence-corrected chi connectivity index (χ0v) is 18.3. The standard InChI is InChI=1S/C24H28N4O5/c29-22(26-16-21-7-4-14-32-21)17-33-20-10-8-19(9-11-20)15-27-28-24(31)23(30)25-13-12-18-5-2-1-3-6-18/h1-3,5-6,8-11,15,21H,4,7,12-14,16-17H2,(H,25,30)(H,26,29)(H,28,31)/b27-15-/t21-/m0/s1. The first-order chi connectivity index (χ1) is 16.1. The highest BCUT2D eigenvalue weighted by Gasteiger charge is 2.16. The second-order valence-electron chi connectivity index (χ2n) is 7.49. The van der Waals surface area contributed by atoms with E-state index in [0.29, 0.717) is 30.8 Å². The second-order valence-corrected chi connectivity index (χ2v) is 7.49. The van der Waals surface area contributed by atoms with Crippen molar-refractivity contribution in [2.45, 2.75) is 25.4 Å². The molecule has 0 unspecified atom stereocenters. The Bertz CT molecular complexity index is 941. The summed E-state index contributed by atoms with van der Waals surface area (Å²) in [5.41, 5.74) is 3.96.